The molecule has 5 atom stereocenters. The van der Waals surface area contributed by atoms with Crippen molar-refractivity contribution < 1.29 is 46.6 Å². The summed E-state index contributed by atoms with van der Waals surface area (Å²) in [5.41, 5.74) is -2.87. The Kier molecular flexibility index (Phi) is 10.4. The van der Waals surface area contributed by atoms with Gasteiger partial charge in [0.15, 0.2) is 0 Å². The molecule has 4 rings (SSSR count). The third-order valence-electron chi connectivity index (χ3n) is 8.83. The minimum Gasteiger partial charge on any atom is -0.497 e. The molecule has 2 saturated carbocycles. The first-order valence-corrected chi connectivity index (χ1v) is 17.6. The standard InChI is InChI=1S/C34H47N3O10S/c1-9-21-18-34(21,31(42)36-48(43,44)24-14-15-24)35-28(39)26-16-23(46-30(41)20-10-12-22(45-8)13-11-20)19-37(26)29(40)25(32(2,3)4)17-27(38)47-33(5,6)7/h9-13,21,23-26H,1,14-19H2,2-8H3,(H,35,39)(H,36,42)/t21-,23+,25-,26+,34-/m1/s1. The number of rotatable bonds is 12. The lowest BCUT2D eigenvalue weighted by atomic mass is 9.77. The summed E-state index contributed by atoms with van der Waals surface area (Å²) in [7, 11) is -2.41. The van der Waals surface area contributed by atoms with Gasteiger partial charge in [0, 0.05) is 12.3 Å². The molecular formula is C34H47N3O10S. The van der Waals surface area contributed by atoms with E-state index in [0.29, 0.717) is 18.6 Å². The smallest absolute Gasteiger partial charge is 0.338 e. The van der Waals surface area contributed by atoms with E-state index in [9.17, 15) is 32.4 Å². The maximum Gasteiger partial charge on any atom is 0.338 e. The molecule has 1 saturated heterocycles. The molecule has 1 aromatic rings. The van der Waals surface area contributed by atoms with Gasteiger partial charge in [-0.3, -0.25) is 23.9 Å². The number of benzene rings is 1. The lowest BCUT2D eigenvalue weighted by Gasteiger charge is -2.35. The number of hydrogen-bond acceptors (Lipinski definition) is 10. The molecule has 48 heavy (non-hydrogen) atoms. The van der Waals surface area contributed by atoms with Gasteiger partial charge >= 0.3 is 11.9 Å². The highest BCUT2D eigenvalue weighted by molar-refractivity contribution is 7.91. The Balaban J connectivity index is 1.60. The molecule has 1 aromatic carbocycles. The zero-order chi connectivity index (χ0) is 35.8. The molecule has 0 radical (unpaired) electrons. The van der Waals surface area contributed by atoms with Gasteiger partial charge < -0.3 is 24.4 Å². The van der Waals surface area contributed by atoms with Crippen LogP contribution in [0.1, 0.15) is 84.0 Å². The van der Waals surface area contributed by atoms with Crippen molar-refractivity contribution in [1.82, 2.24) is 14.9 Å². The number of methoxy groups -OCH3 is 1. The summed E-state index contributed by atoms with van der Waals surface area (Å²) >= 11 is 0. The average Bonchev–Trinajstić information content (AvgIpc) is 3.91. The zero-order valence-corrected chi connectivity index (χ0v) is 29.5. The Morgan fingerprint density at radius 1 is 1.06 bits per heavy atom. The maximum absolute atomic E-state index is 14.3. The third-order valence-corrected chi connectivity index (χ3v) is 10.6. The van der Waals surface area contributed by atoms with E-state index in [1.807, 2.05) is 0 Å². The quantitative estimate of drug-likeness (QED) is 0.245. The molecule has 2 N–H and O–H groups in total. The molecule has 3 aliphatic rings. The van der Waals surface area contributed by atoms with Gasteiger partial charge in [0.25, 0.3) is 5.91 Å². The van der Waals surface area contributed by atoms with Crippen molar-refractivity contribution in [1.29, 1.82) is 0 Å². The largest absolute Gasteiger partial charge is 0.497 e. The lowest BCUT2D eigenvalue weighted by Crippen LogP contribution is -2.57. The van der Waals surface area contributed by atoms with Crippen LogP contribution in [0.3, 0.4) is 0 Å². The van der Waals surface area contributed by atoms with Crippen molar-refractivity contribution in [3.63, 3.8) is 0 Å². The van der Waals surface area contributed by atoms with Crippen LogP contribution in [0.2, 0.25) is 0 Å². The number of nitrogens with one attached hydrogen (secondary N) is 2. The van der Waals surface area contributed by atoms with Crippen molar-refractivity contribution in [2.24, 2.45) is 17.3 Å². The SMILES string of the molecule is C=C[C@@H]1C[C@]1(NC(=O)[C@@H]1C[C@H](OC(=O)c2ccc(OC)cc2)CN1C(=O)[C@@H](CC(=O)OC(C)(C)C)C(C)(C)C)C(=O)NS(=O)(=O)C1CC1. The Morgan fingerprint density at radius 3 is 2.19 bits per heavy atom. The van der Waals surface area contributed by atoms with Crippen LogP contribution in [0.4, 0.5) is 0 Å². The summed E-state index contributed by atoms with van der Waals surface area (Å²) in [5.74, 6) is -4.29. The second kappa shape index (κ2) is 13.5. The highest BCUT2D eigenvalue weighted by Crippen LogP contribution is 2.45. The Morgan fingerprint density at radius 2 is 1.69 bits per heavy atom. The van der Waals surface area contributed by atoms with Crippen molar-refractivity contribution in [3.8, 4) is 5.75 Å². The molecular weight excluding hydrogens is 642 g/mol. The van der Waals surface area contributed by atoms with Crippen molar-refractivity contribution >= 4 is 39.7 Å². The summed E-state index contributed by atoms with van der Waals surface area (Å²) in [5, 5.41) is 2.06. The van der Waals surface area contributed by atoms with Crippen LogP contribution in [0, 0.1) is 17.3 Å². The molecule has 0 spiro atoms. The van der Waals surface area contributed by atoms with Gasteiger partial charge in [-0.05, 0) is 69.7 Å². The predicted molar refractivity (Wildman–Crippen MR) is 175 cm³/mol. The number of nitrogens with zero attached hydrogens (tertiary/aromatic N) is 1. The lowest BCUT2D eigenvalue weighted by molar-refractivity contribution is -0.161. The minimum absolute atomic E-state index is 0.0976. The van der Waals surface area contributed by atoms with Crippen molar-refractivity contribution in [2.75, 3.05) is 13.7 Å². The van der Waals surface area contributed by atoms with Crippen molar-refractivity contribution in [3.05, 3.63) is 42.5 Å². The summed E-state index contributed by atoms with van der Waals surface area (Å²) in [6, 6.07) is 5.05. The van der Waals surface area contributed by atoms with E-state index in [0.717, 1.165) is 0 Å². The molecule has 0 bridgehead atoms. The van der Waals surface area contributed by atoms with Crippen LogP contribution in [-0.4, -0.2) is 85.2 Å². The Bertz CT molecular complexity index is 1560. The second-order valence-electron chi connectivity index (χ2n) is 14.9. The highest BCUT2D eigenvalue weighted by atomic mass is 32.2. The number of amides is 3. The van der Waals surface area contributed by atoms with E-state index in [4.69, 9.17) is 14.2 Å². The minimum atomic E-state index is -3.90. The molecule has 14 heteroatoms. The van der Waals surface area contributed by atoms with E-state index in [1.165, 1.54) is 30.2 Å². The Hall–Kier alpha value is -3.94. The van der Waals surface area contributed by atoms with Crippen LogP contribution < -0.4 is 14.8 Å². The number of carbonyl (C=O) groups excluding carboxylic acids is 5. The fourth-order valence-corrected chi connectivity index (χ4v) is 7.22. The first kappa shape index (κ1) is 36.9. The van der Waals surface area contributed by atoms with Gasteiger partial charge in [-0.25, -0.2) is 13.2 Å². The van der Waals surface area contributed by atoms with Gasteiger partial charge in [0.05, 0.1) is 36.8 Å². The molecule has 264 valence electrons. The average molecular weight is 690 g/mol. The number of ether oxygens (including phenoxy) is 3. The van der Waals surface area contributed by atoms with Gasteiger partial charge in [-0.15, -0.1) is 6.58 Å². The molecule has 13 nitrogen and oxygen atoms in total. The molecule has 3 fully saturated rings. The highest BCUT2D eigenvalue weighted by Gasteiger charge is 2.62. The molecule has 0 aromatic heterocycles. The predicted octanol–water partition coefficient (Wildman–Crippen LogP) is 2.88. The molecule has 1 heterocycles. The first-order chi connectivity index (χ1) is 22.2. The van der Waals surface area contributed by atoms with Gasteiger partial charge in [-0.1, -0.05) is 26.8 Å². The normalized spacial score (nSPS) is 24.6. The number of sulfonamides is 1. The Labute approximate surface area is 282 Å². The summed E-state index contributed by atoms with van der Waals surface area (Å²) < 4.78 is 43.7. The van der Waals surface area contributed by atoms with E-state index in [2.05, 4.69) is 16.6 Å². The molecule has 3 amide bonds. The van der Waals surface area contributed by atoms with Crippen LogP contribution in [-0.2, 0) is 38.7 Å². The number of esters is 2. The number of likely N-dealkylation sites (tertiary alicyclic amines) is 1. The van der Waals surface area contributed by atoms with Crippen LogP contribution in [0.5, 0.6) is 5.75 Å². The zero-order valence-electron chi connectivity index (χ0n) is 28.7. The monoisotopic (exact) mass is 689 g/mol. The molecule has 0 unspecified atom stereocenters. The van der Waals surface area contributed by atoms with E-state index < -0.39 is 85.5 Å². The van der Waals surface area contributed by atoms with Crippen LogP contribution in [0.15, 0.2) is 36.9 Å². The fraction of sp³-hybridized carbons (Fsp3) is 0.618. The van der Waals surface area contributed by atoms with E-state index in [-0.39, 0.29) is 31.4 Å². The van der Waals surface area contributed by atoms with Crippen LogP contribution >= 0.6 is 0 Å². The van der Waals surface area contributed by atoms with E-state index in [1.54, 1.807) is 53.7 Å². The summed E-state index contributed by atoms with van der Waals surface area (Å²) in [6.07, 6.45) is 1.22. The number of carbonyl (C=O) groups is 5. The number of hydrogen-bond donors (Lipinski definition) is 2. The topological polar surface area (TPSA) is 174 Å². The first-order valence-electron chi connectivity index (χ1n) is 16.1. The molecule has 2 aliphatic carbocycles. The third kappa shape index (κ3) is 8.55. The van der Waals surface area contributed by atoms with E-state index >= 15 is 0 Å². The second-order valence-corrected chi connectivity index (χ2v) is 16.9. The van der Waals surface area contributed by atoms with Gasteiger partial charge in [-0.2, -0.15) is 0 Å². The van der Waals surface area contributed by atoms with Crippen molar-refractivity contribution in [2.45, 2.75) is 102 Å². The summed E-state index contributed by atoms with van der Waals surface area (Å²) in [6.45, 7) is 14.1. The summed E-state index contributed by atoms with van der Waals surface area (Å²) in [4.78, 5) is 68.9. The fourth-order valence-electron chi connectivity index (χ4n) is 5.85. The van der Waals surface area contributed by atoms with Crippen LogP contribution in [0.25, 0.3) is 0 Å². The van der Waals surface area contributed by atoms with Gasteiger partial charge in [0.2, 0.25) is 21.8 Å². The maximum atomic E-state index is 14.3. The molecule has 1 aliphatic heterocycles. The van der Waals surface area contributed by atoms with Gasteiger partial charge in [0.1, 0.15) is 29.0 Å².